The van der Waals surface area contributed by atoms with Crippen LogP contribution < -0.4 is 4.74 Å². The summed E-state index contributed by atoms with van der Waals surface area (Å²) >= 11 is 0. The Balaban J connectivity index is 2.78. The van der Waals surface area contributed by atoms with Crippen LogP contribution in [0.1, 0.15) is 44.0 Å². The molecule has 0 bridgehead atoms. The van der Waals surface area contributed by atoms with Crippen molar-refractivity contribution in [2.75, 3.05) is 27.3 Å². The van der Waals surface area contributed by atoms with Crippen LogP contribution in [0.2, 0.25) is 0 Å². The third-order valence-corrected chi connectivity index (χ3v) is 3.76. The minimum atomic E-state index is -0.427. The molecule has 0 saturated carbocycles. The molecule has 1 aromatic rings. The Kier molecular flexibility index (Phi) is 7.89. The number of aromatic hydroxyl groups is 1. The van der Waals surface area contributed by atoms with Crippen molar-refractivity contribution in [2.45, 2.75) is 39.7 Å². The lowest BCUT2D eigenvalue weighted by Crippen LogP contribution is -2.37. The van der Waals surface area contributed by atoms with E-state index in [1.54, 1.807) is 6.07 Å². The van der Waals surface area contributed by atoms with Crippen molar-refractivity contribution < 1.29 is 19.4 Å². The van der Waals surface area contributed by atoms with Crippen molar-refractivity contribution in [1.82, 2.24) is 4.90 Å². The number of unbranched alkanes of at least 4 members (excludes halogenated alkanes) is 1. The van der Waals surface area contributed by atoms with E-state index in [0.717, 1.165) is 12.8 Å². The first kappa shape index (κ1) is 19.3. The van der Waals surface area contributed by atoms with Crippen LogP contribution in [0.15, 0.2) is 18.2 Å². The lowest BCUT2D eigenvalue weighted by Gasteiger charge is -2.27. The van der Waals surface area contributed by atoms with E-state index in [0.29, 0.717) is 30.4 Å². The van der Waals surface area contributed by atoms with Crippen LogP contribution in [0.3, 0.4) is 0 Å². The second-order valence-electron chi connectivity index (χ2n) is 6.26. The highest BCUT2D eigenvalue weighted by molar-refractivity contribution is 5.92. The number of ether oxygens (including phenoxy) is 2. The normalized spacial score (nSPS) is 12.5. The highest BCUT2D eigenvalue weighted by Crippen LogP contribution is 2.25. The van der Waals surface area contributed by atoms with E-state index < -0.39 is 5.97 Å². The van der Waals surface area contributed by atoms with Crippen LogP contribution in [0.5, 0.6) is 11.5 Å². The molecule has 130 valence electrons. The minimum absolute atomic E-state index is 0.0707. The fourth-order valence-corrected chi connectivity index (χ4v) is 2.30. The average molecular weight is 323 g/mol. The van der Waals surface area contributed by atoms with Gasteiger partial charge in [0.2, 0.25) is 0 Å². The Morgan fingerprint density at radius 3 is 2.57 bits per heavy atom. The van der Waals surface area contributed by atoms with E-state index >= 15 is 0 Å². The van der Waals surface area contributed by atoms with Crippen LogP contribution in [-0.2, 0) is 4.74 Å². The van der Waals surface area contributed by atoms with E-state index in [4.69, 9.17) is 9.47 Å². The van der Waals surface area contributed by atoms with Crippen molar-refractivity contribution in [2.24, 2.45) is 5.92 Å². The standard InChI is InChI=1S/C18H29NO4/c1-6-7-10-22-17-11-14(20)8-9-15(17)18(21)23-12-16(13(2)3)19(4)5/h8-9,11,13,16,20H,6-7,10,12H2,1-5H3/t16-/m1/s1. The van der Waals surface area contributed by atoms with Gasteiger partial charge in [0.1, 0.15) is 23.7 Å². The summed E-state index contributed by atoms with van der Waals surface area (Å²) in [6.45, 7) is 7.08. The highest BCUT2D eigenvalue weighted by Gasteiger charge is 2.20. The fourth-order valence-electron chi connectivity index (χ4n) is 2.30. The Morgan fingerprint density at radius 2 is 2.00 bits per heavy atom. The molecule has 23 heavy (non-hydrogen) atoms. The van der Waals surface area contributed by atoms with Crippen molar-refractivity contribution in [3.8, 4) is 11.5 Å². The van der Waals surface area contributed by atoms with Gasteiger partial charge in [0.25, 0.3) is 0 Å². The van der Waals surface area contributed by atoms with Gasteiger partial charge in [-0.1, -0.05) is 27.2 Å². The van der Waals surface area contributed by atoms with Gasteiger partial charge in [-0.25, -0.2) is 4.79 Å². The summed E-state index contributed by atoms with van der Waals surface area (Å²) in [6.07, 6.45) is 1.89. The Labute approximate surface area is 139 Å². The Morgan fingerprint density at radius 1 is 1.30 bits per heavy atom. The van der Waals surface area contributed by atoms with Crippen molar-refractivity contribution in [3.63, 3.8) is 0 Å². The molecule has 0 heterocycles. The number of phenols is 1. The van der Waals surface area contributed by atoms with Crippen molar-refractivity contribution >= 4 is 5.97 Å². The van der Waals surface area contributed by atoms with Crippen LogP contribution >= 0.6 is 0 Å². The maximum atomic E-state index is 12.4. The first-order valence-electron chi connectivity index (χ1n) is 8.16. The number of hydrogen-bond donors (Lipinski definition) is 1. The molecule has 1 rings (SSSR count). The summed E-state index contributed by atoms with van der Waals surface area (Å²) in [5.74, 6) is 0.387. The maximum absolute atomic E-state index is 12.4. The summed E-state index contributed by atoms with van der Waals surface area (Å²) < 4.78 is 11.1. The minimum Gasteiger partial charge on any atom is -0.508 e. The van der Waals surface area contributed by atoms with Gasteiger partial charge in [-0.05, 0) is 38.6 Å². The molecule has 5 heteroatoms. The molecule has 1 aromatic carbocycles. The molecule has 0 saturated heterocycles. The third kappa shape index (κ3) is 6.10. The first-order chi connectivity index (χ1) is 10.9. The summed E-state index contributed by atoms with van der Waals surface area (Å²) in [5.41, 5.74) is 0.347. The van der Waals surface area contributed by atoms with Gasteiger partial charge >= 0.3 is 5.97 Å². The summed E-state index contributed by atoms with van der Waals surface area (Å²) in [4.78, 5) is 14.4. The van der Waals surface area contributed by atoms with E-state index in [2.05, 4.69) is 20.8 Å². The molecule has 0 radical (unpaired) electrons. The average Bonchev–Trinajstić information content (AvgIpc) is 2.47. The lowest BCUT2D eigenvalue weighted by molar-refractivity contribution is 0.0346. The number of likely N-dealkylation sites (N-methyl/N-ethyl adjacent to an activating group) is 1. The number of esters is 1. The van der Waals surface area contributed by atoms with E-state index in [9.17, 15) is 9.90 Å². The molecular formula is C18H29NO4. The smallest absolute Gasteiger partial charge is 0.341 e. The molecule has 0 aliphatic carbocycles. The molecule has 0 unspecified atom stereocenters. The highest BCUT2D eigenvalue weighted by atomic mass is 16.5. The van der Waals surface area contributed by atoms with E-state index in [-0.39, 0.29) is 11.8 Å². The number of benzene rings is 1. The fraction of sp³-hybridized carbons (Fsp3) is 0.611. The molecule has 0 aliphatic rings. The van der Waals surface area contributed by atoms with Crippen LogP contribution in [0.25, 0.3) is 0 Å². The first-order valence-corrected chi connectivity index (χ1v) is 8.16. The third-order valence-electron chi connectivity index (χ3n) is 3.76. The summed E-state index contributed by atoms with van der Waals surface area (Å²) in [6, 6.07) is 4.62. The van der Waals surface area contributed by atoms with Gasteiger partial charge in [-0.15, -0.1) is 0 Å². The molecule has 0 fully saturated rings. The number of rotatable bonds is 9. The van der Waals surface area contributed by atoms with Gasteiger partial charge in [-0.2, -0.15) is 0 Å². The van der Waals surface area contributed by atoms with Crippen molar-refractivity contribution in [3.05, 3.63) is 23.8 Å². The predicted octanol–water partition coefficient (Wildman–Crippen LogP) is 3.31. The zero-order chi connectivity index (χ0) is 17.4. The quantitative estimate of drug-likeness (QED) is 0.558. The van der Waals surface area contributed by atoms with Gasteiger partial charge in [-0.3, -0.25) is 0 Å². The number of phenolic OH excluding ortho intramolecular Hbond substituents is 1. The molecule has 5 nitrogen and oxygen atoms in total. The van der Waals surface area contributed by atoms with Gasteiger partial charge in [0.05, 0.1) is 6.61 Å². The number of carbonyl (C=O) groups excluding carboxylic acids is 1. The van der Waals surface area contributed by atoms with E-state index in [1.165, 1.54) is 12.1 Å². The largest absolute Gasteiger partial charge is 0.508 e. The maximum Gasteiger partial charge on any atom is 0.341 e. The molecule has 1 N–H and O–H groups in total. The summed E-state index contributed by atoms with van der Waals surface area (Å²) in [7, 11) is 3.94. The monoisotopic (exact) mass is 323 g/mol. The van der Waals surface area contributed by atoms with Crippen LogP contribution in [0.4, 0.5) is 0 Å². The molecule has 0 aromatic heterocycles. The summed E-state index contributed by atoms with van der Waals surface area (Å²) in [5, 5.41) is 9.60. The molecule has 0 aliphatic heterocycles. The van der Waals surface area contributed by atoms with Crippen LogP contribution in [0, 0.1) is 5.92 Å². The molecular weight excluding hydrogens is 294 g/mol. The van der Waals surface area contributed by atoms with Gasteiger partial charge < -0.3 is 19.5 Å². The predicted molar refractivity (Wildman–Crippen MR) is 91.1 cm³/mol. The zero-order valence-corrected chi connectivity index (χ0v) is 14.8. The zero-order valence-electron chi connectivity index (χ0n) is 14.8. The lowest BCUT2D eigenvalue weighted by atomic mass is 10.0. The number of nitrogens with zero attached hydrogens (tertiary/aromatic N) is 1. The Bertz CT molecular complexity index is 492. The Hall–Kier alpha value is -1.75. The van der Waals surface area contributed by atoms with E-state index in [1.807, 2.05) is 19.0 Å². The SMILES string of the molecule is CCCCOc1cc(O)ccc1C(=O)OC[C@H](C(C)C)N(C)C. The number of carbonyl (C=O) groups is 1. The van der Waals surface area contributed by atoms with Crippen molar-refractivity contribution in [1.29, 1.82) is 0 Å². The molecule has 1 atom stereocenters. The van der Waals surface area contributed by atoms with Gasteiger partial charge in [0.15, 0.2) is 0 Å². The van der Waals surface area contributed by atoms with Gasteiger partial charge in [0, 0.05) is 12.1 Å². The number of hydrogen-bond acceptors (Lipinski definition) is 5. The van der Waals surface area contributed by atoms with Crippen LogP contribution in [-0.4, -0.2) is 49.3 Å². The topological polar surface area (TPSA) is 59.0 Å². The second-order valence-corrected chi connectivity index (χ2v) is 6.26. The second kappa shape index (κ2) is 9.40. The molecule has 0 amide bonds. The molecule has 0 spiro atoms.